The minimum Gasteiger partial charge on any atom is -0.493 e. The Labute approximate surface area is 122 Å². The molecule has 0 fully saturated rings. The highest BCUT2D eigenvalue weighted by atomic mass is 35.5. The van der Waals surface area contributed by atoms with Gasteiger partial charge in [-0.1, -0.05) is 0 Å². The van der Waals surface area contributed by atoms with Gasteiger partial charge in [-0.3, -0.25) is 4.98 Å². The molecule has 0 unspecified atom stereocenters. The lowest BCUT2D eigenvalue weighted by Crippen LogP contribution is -1.94. The molecule has 3 rings (SSSR count). The van der Waals surface area contributed by atoms with Crippen LogP contribution < -0.4 is 9.47 Å². The molecule has 6 heteroatoms. The number of hydrogen-bond donors (Lipinski definition) is 0. The van der Waals surface area contributed by atoms with Crippen LogP contribution in [0.2, 0.25) is 0 Å². The summed E-state index contributed by atoms with van der Waals surface area (Å²) >= 11 is 0. The predicted molar refractivity (Wildman–Crippen MR) is 79.2 cm³/mol. The second-order valence-corrected chi connectivity index (χ2v) is 4.05. The van der Waals surface area contributed by atoms with E-state index in [1.54, 1.807) is 31.3 Å². The fourth-order valence-electron chi connectivity index (χ4n) is 1.97. The highest BCUT2D eigenvalue weighted by molar-refractivity contribution is 5.85. The average Bonchev–Trinajstić information content (AvgIpc) is 2.89. The van der Waals surface area contributed by atoms with Crippen LogP contribution in [0, 0.1) is 0 Å². The van der Waals surface area contributed by atoms with Crippen LogP contribution in [0.3, 0.4) is 0 Å². The Kier molecular flexibility index (Phi) is 4.10. The molecule has 20 heavy (non-hydrogen) atoms. The van der Waals surface area contributed by atoms with Gasteiger partial charge in [0.2, 0.25) is 0 Å². The molecular formula is C14H14ClN3O2. The topological polar surface area (TPSA) is 49.2 Å². The first-order valence-electron chi connectivity index (χ1n) is 5.83. The molecule has 2 heterocycles. The van der Waals surface area contributed by atoms with Gasteiger partial charge in [0.1, 0.15) is 0 Å². The Balaban J connectivity index is 0.00000147. The molecule has 0 bridgehead atoms. The maximum absolute atomic E-state index is 5.28. The van der Waals surface area contributed by atoms with Crippen LogP contribution in [0.1, 0.15) is 0 Å². The molecule has 0 aliphatic rings. The molecule has 3 aromatic rings. The smallest absolute Gasteiger partial charge is 0.162 e. The molecule has 0 radical (unpaired) electrons. The van der Waals surface area contributed by atoms with Crippen molar-refractivity contribution >= 4 is 23.3 Å². The van der Waals surface area contributed by atoms with Crippen molar-refractivity contribution in [2.45, 2.75) is 0 Å². The van der Waals surface area contributed by atoms with E-state index < -0.39 is 0 Å². The lowest BCUT2D eigenvalue weighted by Gasteiger charge is -2.05. The number of ether oxygens (including phenoxy) is 2. The van der Waals surface area contributed by atoms with Crippen LogP contribution in [-0.4, -0.2) is 29.0 Å². The van der Waals surface area contributed by atoms with Crippen molar-refractivity contribution < 1.29 is 9.47 Å². The average molecular weight is 292 g/mol. The van der Waals surface area contributed by atoms with Crippen LogP contribution in [0.15, 0.2) is 42.9 Å². The van der Waals surface area contributed by atoms with Gasteiger partial charge in [-0.25, -0.2) is 4.68 Å². The van der Waals surface area contributed by atoms with Gasteiger partial charge >= 0.3 is 0 Å². The van der Waals surface area contributed by atoms with Gasteiger partial charge in [0.25, 0.3) is 0 Å². The Morgan fingerprint density at radius 2 is 1.85 bits per heavy atom. The zero-order valence-corrected chi connectivity index (χ0v) is 11.9. The number of hydrogen-bond acceptors (Lipinski definition) is 4. The Morgan fingerprint density at radius 3 is 2.50 bits per heavy atom. The Bertz CT molecular complexity index is 672. The number of aromatic nitrogens is 3. The van der Waals surface area contributed by atoms with E-state index in [1.165, 1.54) is 0 Å². The molecule has 0 aliphatic heterocycles. The van der Waals surface area contributed by atoms with Gasteiger partial charge in [-0.05, 0) is 18.2 Å². The lowest BCUT2D eigenvalue weighted by molar-refractivity contribution is 0.356. The zero-order chi connectivity index (χ0) is 13.2. The molecule has 0 amide bonds. The fourth-order valence-corrected chi connectivity index (χ4v) is 1.97. The van der Waals surface area contributed by atoms with Crippen molar-refractivity contribution in [3.8, 4) is 17.2 Å². The first-order chi connectivity index (χ1) is 9.31. The molecule has 0 atom stereocenters. The number of nitrogens with zero attached hydrogens (tertiary/aromatic N) is 3. The summed E-state index contributed by atoms with van der Waals surface area (Å²) in [7, 11) is 3.23. The molecule has 0 saturated carbocycles. The standard InChI is InChI=1S/C14H13N3O2.ClH/c1-18-13-6-10-9-17(11-4-3-5-15-8-11)16-12(10)7-14(13)19-2;/h3-9H,1-2H3;1H. The highest BCUT2D eigenvalue weighted by Crippen LogP contribution is 2.31. The van der Waals surface area contributed by atoms with Crippen LogP contribution >= 0.6 is 12.4 Å². The maximum atomic E-state index is 5.28. The van der Waals surface area contributed by atoms with Crippen LogP contribution in [-0.2, 0) is 0 Å². The summed E-state index contributed by atoms with van der Waals surface area (Å²) in [5.74, 6) is 1.37. The first-order valence-corrected chi connectivity index (χ1v) is 5.83. The van der Waals surface area contributed by atoms with E-state index >= 15 is 0 Å². The van der Waals surface area contributed by atoms with Crippen LogP contribution in [0.25, 0.3) is 16.6 Å². The van der Waals surface area contributed by atoms with Crippen molar-refractivity contribution in [2.75, 3.05) is 14.2 Å². The third-order valence-corrected chi connectivity index (χ3v) is 2.92. The minimum absolute atomic E-state index is 0. The number of methoxy groups -OCH3 is 2. The van der Waals surface area contributed by atoms with E-state index in [4.69, 9.17) is 9.47 Å². The van der Waals surface area contributed by atoms with Crippen LogP contribution in [0.4, 0.5) is 0 Å². The summed E-state index contributed by atoms with van der Waals surface area (Å²) in [5.41, 5.74) is 1.76. The van der Waals surface area contributed by atoms with Gasteiger partial charge in [0.15, 0.2) is 11.5 Å². The second-order valence-electron chi connectivity index (χ2n) is 4.05. The highest BCUT2D eigenvalue weighted by Gasteiger charge is 2.09. The molecular weight excluding hydrogens is 278 g/mol. The SMILES string of the molecule is COc1cc2cn(-c3cccnc3)nc2cc1OC.Cl. The van der Waals surface area contributed by atoms with Crippen molar-refractivity contribution in [3.63, 3.8) is 0 Å². The quantitative estimate of drug-likeness (QED) is 0.744. The molecule has 0 N–H and O–H groups in total. The summed E-state index contributed by atoms with van der Waals surface area (Å²) in [6.45, 7) is 0. The summed E-state index contributed by atoms with van der Waals surface area (Å²) in [6, 6.07) is 7.60. The van der Waals surface area contributed by atoms with E-state index in [0.717, 1.165) is 16.6 Å². The molecule has 104 valence electrons. The van der Waals surface area contributed by atoms with Gasteiger partial charge in [-0.15, -0.1) is 12.4 Å². The molecule has 0 aliphatic carbocycles. The second kappa shape index (κ2) is 5.79. The minimum atomic E-state index is 0. The van der Waals surface area contributed by atoms with E-state index in [0.29, 0.717) is 11.5 Å². The third-order valence-electron chi connectivity index (χ3n) is 2.92. The number of rotatable bonds is 3. The first kappa shape index (κ1) is 14.1. The molecule has 0 spiro atoms. The van der Waals surface area contributed by atoms with E-state index in [-0.39, 0.29) is 12.4 Å². The maximum Gasteiger partial charge on any atom is 0.162 e. The molecule has 0 saturated heterocycles. The van der Waals surface area contributed by atoms with Gasteiger partial charge in [0, 0.05) is 23.8 Å². The Hall–Kier alpha value is -2.27. The van der Waals surface area contributed by atoms with Crippen molar-refractivity contribution in [1.29, 1.82) is 0 Å². The lowest BCUT2D eigenvalue weighted by atomic mass is 10.2. The van der Waals surface area contributed by atoms with Crippen molar-refractivity contribution in [3.05, 3.63) is 42.9 Å². The van der Waals surface area contributed by atoms with E-state index in [9.17, 15) is 0 Å². The number of halogens is 1. The van der Waals surface area contributed by atoms with E-state index in [2.05, 4.69) is 10.1 Å². The predicted octanol–water partition coefficient (Wildman–Crippen LogP) is 2.86. The number of pyridine rings is 1. The Morgan fingerprint density at radius 1 is 1.10 bits per heavy atom. The zero-order valence-electron chi connectivity index (χ0n) is 11.1. The number of fused-ring (bicyclic) bond motifs is 1. The van der Waals surface area contributed by atoms with E-state index in [1.807, 2.05) is 30.5 Å². The monoisotopic (exact) mass is 291 g/mol. The summed E-state index contributed by atoms with van der Waals surface area (Å²) in [4.78, 5) is 4.09. The van der Waals surface area contributed by atoms with Gasteiger partial charge < -0.3 is 9.47 Å². The largest absolute Gasteiger partial charge is 0.493 e. The molecule has 1 aromatic carbocycles. The van der Waals surface area contributed by atoms with Crippen molar-refractivity contribution in [1.82, 2.24) is 14.8 Å². The number of benzene rings is 1. The van der Waals surface area contributed by atoms with Gasteiger partial charge in [-0.2, -0.15) is 5.10 Å². The van der Waals surface area contributed by atoms with Crippen LogP contribution in [0.5, 0.6) is 11.5 Å². The summed E-state index contributed by atoms with van der Waals surface area (Å²) in [6.07, 6.45) is 5.44. The molecule has 5 nitrogen and oxygen atoms in total. The van der Waals surface area contributed by atoms with Crippen molar-refractivity contribution in [2.24, 2.45) is 0 Å². The fraction of sp³-hybridized carbons (Fsp3) is 0.143. The summed E-state index contributed by atoms with van der Waals surface area (Å²) < 4.78 is 12.3. The normalized spacial score (nSPS) is 10.1. The summed E-state index contributed by atoms with van der Waals surface area (Å²) in [5, 5.41) is 5.50. The third kappa shape index (κ3) is 2.40. The molecule has 2 aromatic heterocycles. The van der Waals surface area contributed by atoms with Gasteiger partial charge in [0.05, 0.1) is 31.6 Å².